The smallest absolute Gasteiger partial charge is 0.116 e. The first-order chi connectivity index (χ1) is 15.1. The van der Waals surface area contributed by atoms with Crippen molar-refractivity contribution in [3.63, 3.8) is 0 Å². The van der Waals surface area contributed by atoms with E-state index in [9.17, 15) is 5.11 Å². The maximum atomic E-state index is 10.1. The fourth-order valence-corrected chi connectivity index (χ4v) is 5.40. The van der Waals surface area contributed by atoms with Crippen LogP contribution in [0.15, 0.2) is 48.8 Å². The van der Waals surface area contributed by atoms with E-state index in [-0.39, 0.29) is 11.5 Å². The van der Waals surface area contributed by atoms with Gasteiger partial charge in [0.15, 0.2) is 0 Å². The highest BCUT2D eigenvalue weighted by molar-refractivity contribution is 5.85. The highest BCUT2D eigenvalue weighted by Crippen LogP contribution is 2.49. The van der Waals surface area contributed by atoms with Crippen LogP contribution in [0.1, 0.15) is 43.6 Å². The Morgan fingerprint density at radius 3 is 2.58 bits per heavy atom. The second kappa shape index (κ2) is 6.95. The van der Waals surface area contributed by atoms with Gasteiger partial charge in [0.25, 0.3) is 0 Å². The molecule has 1 spiro atoms. The number of aliphatic hydroxyl groups is 1. The Hall–Kier alpha value is -3.12. The van der Waals surface area contributed by atoms with Crippen LogP contribution in [0.4, 0.5) is 0 Å². The van der Waals surface area contributed by atoms with Gasteiger partial charge in [-0.25, -0.2) is 4.98 Å². The zero-order valence-corrected chi connectivity index (χ0v) is 17.6. The van der Waals surface area contributed by atoms with E-state index in [4.69, 9.17) is 9.97 Å². The zero-order valence-electron chi connectivity index (χ0n) is 17.6. The monoisotopic (exact) mass is 411 g/mol. The molecule has 6 heteroatoms. The van der Waals surface area contributed by atoms with Crippen molar-refractivity contribution in [2.75, 3.05) is 0 Å². The summed E-state index contributed by atoms with van der Waals surface area (Å²) in [5, 5.41) is 10.1. The number of nitrogens with zero attached hydrogens (tertiary/aromatic N) is 5. The Morgan fingerprint density at radius 2 is 1.77 bits per heavy atom. The lowest BCUT2D eigenvalue weighted by Crippen LogP contribution is -2.32. The Labute approximate surface area is 181 Å². The van der Waals surface area contributed by atoms with Crippen molar-refractivity contribution in [3.8, 4) is 22.6 Å². The van der Waals surface area contributed by atoms with E-state index < -0.39 is 0 Å². The molecule has 1 N–H and O–H groups in total. The lowest BCUT2D eigenvalue weighted by atomic mass is 9.72. The van der Waals surface area contributed by atoms with Gasteiger partial charge in [0.2, 0.25) is 0 Å². The molecule has 1 saturated carbocycles. The molecule has 3 aromatic heterocycles. The number of hydrogen-bond acceptors (Lipinski definition) is 5. The molecule has 2 aliphatic rings. The molecule has 1 aliphatic heterocycles. The van der Waals surface area contributed by atoms with Crippen molar-refractivity contribution in [1.82, 2.24) is 24.5 Å². The molecular formula is C25H25N5O. The molecule has 0 bridgehead atoms. The van der Waals surface area contributed by atoms with Crippen LogP contribution in [0.2, 0.25) is 0 Å². The predicted molar refractivity (Wildman–Crippen MR) is 119 cm³/mol. The van der Waals surface area contributed by atoms with Gasteiger partial charge in [0.05, 0.1) is 28.5 Å². The Kier molecular flexibility index (Phi) is 4.18. The lowest BCUT2D eigenvalue weighted by Gasteiger charge is -2.34. The Balaban J connectivity index is 1.57. The molecule has 0 amide bonds. The number of rotatable bonds is 2. The summed E-state index contributed by atoms with van der Waals surface area (Å²) in [7, 11) is 0. The minimum atomic E-state index is -0.175. The molecule has 1 fully saturated rings. The van der Waals surface area contributed by atoms with Gasteiger partial charge in [-0.05, 0) is 63.3 Å². The number of aryl methyl sites for hydroxylation is 1. The number of pyridine rings is 1. The molecule has 156 valence electrons. The van der Waals surface area contributed by atoms with Gasteiger partial charge in [-0.1, -0.05) is 12.1 Å². The van der Waals surface area contributed by atoms with Crippen molar-refractivity contribution >= 4 is 11.0 Å². The number of fused-ring (bicyclic) bond motifs is 3. The maximum Gasteiger partial charge on any atom is 0.116 e. The normalized spacial score (nSPS) is 22.8. The fraction of sp³-hybridized carbons (Fsp3) is 0.360. The molecule has 0 unspecified atom stereocenters. The minimum Gasteiger partial charge on any atom is -0.393 e. The number of aliphatic hydroxyl groups excluding tert-OH is 1. The van der Waals surface area contributed by atoms with Crippen LogP contribution >= 0.6 is 0 Å². The van der Waals surface area contributed by atoms with E-state index in [0.29, 0.717) is 0 Å². The summed E-state index contributed by atoms with van der Waals surface area (Å²) >= 11 is 0. The quantitative estimate of drug-likeness (QED) is 0.528. The first-order valence-electron chi connectivity index (χ1n) is 11.1. The topological polar surface area (TPSA) is 76.7 Å². The fourth-order valence-electron chi connectivity index (χ4n) is 5.40. The molecule has 0 atom stereocenters. The molecule has 1 aliphatic carbocycles. The number of hydrogen-bond donors (Lipinski definition) is 1. The number of benzene rings is 1. The van der Waals surface area contributed by atoms with Gasteiger partial charge >= 0.3 is 0 Å². The highest BCUT2D eigenvalue weighted by atomic mass is 16.3. The summed E-state index contributed by atoms with van der Waals surface area (Å²) in [6, 6.07) is 12.4. The molecule has 4 heterocycles. The number of aromatic nitrogens is 5. The molecule has 31 heavy (non-hydrogen) atoms. The van der Waals surface area contributed by atoms with Gasteiger partial charge in [0.1, 0.15) is 11.5 Å². The van der Waals surface area contributed by atoms with Crippen LogP contribution < -0.4 is 0 Å². The van der Waals surface area contributed by atoms with E-state index >= 15 is 0 Å². The van der Waals surface area contributed by atoms with Crippen LogP contribution in [0.3, 0.4) is 0 Å². The summed E-state index contributed by atoms with van der Waals surface area (Å²) < 4.78 is 2.40. The van der Waals surface area contributed by atoms with Crippen molar-refractivity contribution < 1.29 is 5.11 Å². The summed E-state index contributed by atoms with van der Waals surface area (Å²) in [6.45, 7) is 2.96. The van der Waals surface area contributed by atoms with Gasteiger partial charge in [0, 0.05) is 35.6 Å². The first-order valence-corrected chi connectivity index (χ1v) is 11.1. The highest BCUT2D eigenvalue weighted by Gasteiger charge is 2.45. The molecule has 0 radical (unpaired) electrons. The molecule has 6 rings (SSSR count). The van der Waals surface area contributed by atoms with E-state index in [1.807, 2.05) is 31.2 Å². The number of imidazole rings is 1. The summed E-state index contributed by atoms with van der Waals surface area (Å²) in [6.07, 6.45) is 8.07. The molecule has 4 aromatic rings. The average molecular weight is 412 g/mol. The van der Waals surface area contributed by atoms with Crippen LogP contribution in [0, 0.1) is 6.92 Å². The third kappa shape index (κ3) is 2.97. The van der Waals surface area contributed by atoms with Crippen molar-refractivity contribution in [1.29, 1.82) is 0 Å². The van der Waals surface area contributed by atoms with Crippen LogP contribution in [-0.4, -0.2) is 35.7 Å². The van der Waals surface area contributed by atoms with E-state index in [0.717, 1.165) is 83.8 Å². The SMILES string of the molecule is Cc1cccc(-c2nc3n(c2-c2ccc4nccnc4c2)CCC32CCC(O)CC2)n1. The first kappa shape index (κ1) is 18.6. The average Bonchev–Trinajstić information content (AvgIpc) is 3.34. The van der Waals surface area contributed by atoms with E-state index in [2.05, 4.69) is 26.7 Å². The van der Waals surface area contributed by atoms with E-state index in [1.165, 1.54) is 0 Å². The Morgan fingerprint density at radius 1 is 0.968 bits per heavy atom. The van der Waals surface area contributed by atoms with Crippen molar-refractivity contribution in [2.24, 2.45) is 0 Å². The van der Waals surface area contributed by atoms with Crippen LogP contribution in [0.25, 0.3) is 33.7 Å². The third-order valence-corrected chi connectivity index (χ3v) is 7.04. The largest absolute Gasteiger partial charge is 0.393 e. The summed E-state index contributed by atoms with van der Waals surface area (Å²) in [5.41, 5.74) is 6.87. The van der Waals surface area contributed by atoms with Crippen LogP contribution in [-0.2, 0) is 12.0 Å². The van der Waals surface area contributed by atoms with Gasteiger partial charge in [-0.3, -0.25) is 15.0 Å². The summed E-state index contributed by atoms with van der Waals surface area (Å²) in [5.74, 6) is 1.16. The minimum absolute atomic E-state index is 0.0622. The van der Waals surface area contributed by atoms with Crippen LogP contribution in [0.5, 0.6) is 0 Å². The standard InChI is InChI=1S/C25H25N5O/c1-16-3-2-4-20(28-16)22-23(17-5-6-19-21(15-17)27-13-12-26-19)30-14-11-25(24(30)29-22)9-7-18(31)8-10-25/h2-6,12-13,15,18,31H,7-11,14H2,1H3. The molecule has 0 saturated heterocycles. The van der Waals surface area contributed by atoms with Crippen molar-refractivity contribution in [3.05, 3.63) is 60.3 Å². The van der Waals surface area contributed by atoms with E-state index in [1.54, 1.807) is 12.4 Å². The predicted octanol–water partition coefficient (Wildman–Crippen LogP) is 4.44. The van der Waals surface area contributed by atoms with Crippen molar-refractivity contribution in [2.45, 2.75) is 57.1 Å². The maximum absolute atomic E-state index is 10.1. The lowest BCUT2D eigenvalue weighted by molar-refractivity contribution is 0.0942. The van der Waals surface area contributed by atoms with Gasteiger partial charge < -0.3 is 9.67 Å². The van der Waals surface area contributed by atoms with Gasteiger partial charge in [-0.2, -0.15) is 0 Å². The second-order valence-corrected chi connectivity index (χ2v) is 8.97. The Bertz CT molecular complexity index is 1290. The summed E-state index contributed by atoms with van der Waals surface area (Å²) in [4.78, 5) is 19.0. The molecular weight excluding hydrogens is 386 g/mol. The molecule has 6 nitrogen and oxygen atoms in total. The molecule has 1 aromatic carbocycles. The zero-order chi connectivity index (χ0) is 21.0. The van der Waals surface area contributed by atoms with Gasteiger partial charge in [-0.15, -0.1) is 0 Å². The second-order valence-electron chi connectivity index (χ2n) is 8.97. The third-order valence-electron chi connectivity index (χ3n) is 7.04.